The van der Waals surface area contributed by atoms with Crippen molar-refractivity contribution in [1.29, 1.82) is 0 Å². The first kappa shape index (κ1) is 17.0. The van der Waals surface area contributed by atoms with Crippen molar-refractivity contribution in [2.45, 2.75) is 34.1 Å². The van der Waals surface area contributed by atoms with Crippen molar-refractivity contribution >= 4 is 17.5 Å². The minimum atomic E-state index is -0.0952. The van der Waals surface area contributed by atoms with Crippen molar-refractivity contribution in [3.63, 3.8) is 0 Å². The first-order chi connectivity index (χ1) is 9.30. The van der Waals surface area contributed by atoms with Gasteiger partial charge in [0.05, 0.1) is 10.6 Å². The van der Waals surface area contributed by atoms with E-state index in [0.717, 1.165) is 12.0 Å². The standard InChI is InChI=1S/C16H25ClN2O/c1-5-8-19(11-16(3,4)10-18)15(20)13-7-6-12(2)9-14(13)17/h6-7,9H,5,8,10-11,18H2,1-4H3. The summed E-state index contributed by atoms with van der Waals surface area (Å²) in [6.07, 6.45) is 0.913. The summed E-state index contributed by atoms with van der Waals surface area (Å²) >= 11 is 6.20. The van der Waals surface area contributed by atoms with Crippen molar-refractivity contribution in [2.24, 2.45) is 11.1 Å². The van der Waals surface area contributed by atoms with Gasteiger partial charge in [-0.15, -0.1) is 0 Å². The molecule has 3 nitrogen and oxygen atoms in total. The second kappa shape index (κ2) is 7.09. The molecular weight excluding hydrogens is 272 g/mol. The van der Waals surface area contributed by atoms with Gasteiger partial charge >= 0.3 is 0 Å². The molecule has 2 N–H and O–H groups in total. The van der Waals surface area contributed by atoms with Gasteiger partial charge in [0.25, 0.3) is 5.91 Å². The smallest absolute Gasteiger partial charge is 0.255 e. The maximum absolute atomic E-state index is 12.7. The third kappa shape index (κ3) is 4.50. The molecule has 1 aromatic rings. The van der Waals surface area contributed by atoms with E-state index in [1.54, 1.807) is 6.07 Å². The highest BCUT2D eigenvalue weighted by molar-refractivity contribution is 6.33. The van der Waals surface area contributed by atoms with Crippen molar-refractivity contribution < 1.29 is 4.79 Å². The maximum Gasteiger partial charge on any atom is 0.255 e. The van der Waals surface area contributed by atoms with Gasteiger partial charge in [0.1, 0.15) is 0 Å². The third-order valence-corrected chi connectivity index (χ3v) is 3.62. The average molecular weight is 297 g/mol. The predicted octanol–water partition coefficient (Wildman–Crippen LogP) is 3.49. The molecule has 0 unspecified atom stereocenters. The Balaban J connectivity index is 2.99. The van der Waals surface area contributed by atoms with Crippen LogP contribution in [0.1, 0.15) is 43.1 Å². The molecule has 0 heterocycles. The normalized spacial score (nSPS) is 11.5. The fourth-order valence-corrected chi connectivity index (χ4v) is 2.38. The molecule has 0 aliphatic heterocycles. The summed E-state index contributed by atoms with van der Waals surface area (Å²) in [6, 6.07) is 5.54. The predicted molar refractivity (Wildman–Crippen MR) is 85.2 cm³/mol. The van der Waals surface area contributed by atoms with Crippen LogP contribution in [0.2, 0.25) is 5.02 Å². The van der Waals surface area contributed by atoms with E-state index in [1.165, 1.54) is 0 Å². The van der Waals surface area contributed by atoms with E-state index < -0.39 is 0 Å². The number of carbonyl (C=O) groups excluding carboxylic acids is 1. The van der Waals surface area contributed by atoms with E-state index in [4.69, 9.17) is 17.3 Å². The second-order valence-corrected chi connectivity index (χ2v) is 6.49. The molecule has 0 fully saturated rings. The Morgan fingerprint density at radius 3 is 2.55 bits per heavy atom. The molecule has 0 saturated carbocycles. The van der Waals surface area contributed by atoms with Crippen LogP contribution in [0.25, 0.3) is 0 Å². The molecule has 1 rings (SSSR count). The topological polar surface area (TPSA) is 46.3 Å². The largest absolute Gasteiger partial charge is 0.338 e. The van der Waals surface area contributed by atoms with E-state index >= 15 is 0 Å². The zero-order valence-corrected chi connectivity index (χ0v) is 13.6. The van der Waals surface area contributed by atoms with Crippen LogP contribution in [0.15, 0.2) is 18.2 Å². The number of carbonyl (C=O) groups is 1. The van der Waals surface area contributed by atoms with E-state index in [-0.39, 0.29) is 11.3 Å². The van der Waals surface area contributed by atoms with Gasteiger partial charge in [-0.25, -0.2) is 0 Å². The number of hydrogen-bond acceptors (Lipinski definition) is 2. The van der Waals surface area contributed by atoms with Crippen LogP contribution in [0.5, 0.6) is 0 Å². The molecule has 4 heteroatoms. The summed E-state index contributed by atoms with van der Waals surface area (Å²) in [7, 11) is 0. The van der Waals surface area contributed by atoms with E-state index in [1.807, 2.05) is 24.0 Å². The van der Waals surface area contributed by atoms with Gasteiger partial charge in [0, 0.05) is 13.1 Å². The Morgan fingerprint density at radius 2 is 2.05 bits per heavy atom. The van der Waals surface area contributed by atoms with E-state index in [0.29, 0.717) is 30.2 Å². The van der Waals surface area contributed by atoms with Crippen LogP contribution in [0.3, 0.4) is 0 Å². The van der Waals surface area contributed by atoms with Crippen LogP contribution in [-0.2, 0) is 0 Å². The molecule has 20 heavy (non-hydrogen) atoms. The minimum Gasteiger partial charge on any atom is -0.338 e. The molecule has 1 aromatic carbocycles. The number of nitrogens with two attached hydrogens (primary N) is 1. The van der Waals surface area contributed by atoms with Crippen LogP contribution in [0, 0.1) is 12.3 Å². The van der Waals surface area contributed by atoms with Crippen molar-refractivity contribution in [2.75, 3.05) is 19.6 Å². The summed E-state index contributed by atoms with van der Waals surface area (Å²) in [5, 5.41) is 0.515. The molecule has 0 atom stereocenters. The Bertz CT molecular complexity index is 472. The SMILES string of the molecule is CCCN(CC(C)(C)CN)C(=O)c1ccc(C)cc1Cl. The number of amides is 1. The summed E-state index contributed by atoms with van der Waals surface area (Å²) in [5.41, 5.74) is 7.30. The van der Waals surface area contributed by atoms with Crippen LogP contribution in [-0.4, -0.2) is 30.4 Å². The molecule has 0 spiro atoms. The average Bonchev–Trinajstić information content (AvgIpc) is 2.37. The second-order valence-electron chi connectivity index (χ2n) is 6.08. The maximum atomic E-state index is 12.7. The molecule has 0 radical (unpaired) electrons. The number of aryl methyl sites for hydroxylation is 1. The van der Waals surface area contributed by atoms with Gasteiger partial charge in [-0.05, 0) is 43.0 Å². The van der Waals surface area contributed by atoms with Gasteiger partial charge in [-0.1, -0.05) is 38.4 Å². The molecule has 1 amide bonds. The van der Waals surface area contributed by atoms with Gasteiger partial charge in [-0.3, -0.25) is 4.79 Å². The Labute approximate surface area is 127 Å². The first-order valence-electron chi connectivity index (χ1n) is 7.06. The first-order valence-corrected chi connectivity index (χ1v) is 7.44. The Kier molecular flexibility index (Phi) is 6.03. The van der Waals surface area contributed by atoms with E-state index in [2.05, 4.69) is 20.8 Å². The number of benzene rings is 1. The Morgan fingerprint density at radius 1 is 1.40 bits per heavy atom. The lowest BCUT2D eigenvalue weighted by Crippen LogP contribution is -2.42. The minimum absolute atomic E-state index is 0.0154. The fraction of sp³-hybridized carbons (Fsp3) is 0.562. The number of rotatable bonds is 6. The number of nitrogens with zero attached hydrogens (tertiary/aromatic N) is 1. The number of halogens is 1. The summed E-state index contributed by atoms with van der Waals surface area (Å²) in [6.45, 7) is 10.1. The van der Waals surface area contributed by atoms with Crippen molar-refractivity contribution in [1.82, 2.24) is 4.90 Å². The summed E-state index contributed by atoms with van der Waals surface area (Å²) < 4.78 is 0. The van der Waals surface area contributed by atoms with Gasteiger partial charge in [0.2, 0.25) is 0 Å². The summed E-state index contributed by atoms with van der Waals surface area (Å²) in [4.78, 5) is 14.5. The molecule has 0 aromatic heterocycles. The van der Waals surface area contributed by atoms with Gasteiger partial charge in [0.15, 0.2) is 0 Å². The van der Waals surface area contributed by atoms with Crippen molar-refractivity contribution in [3.05, 3.63) is 34.3 Å². The van der Waals surface area contributed by atoms with Gasteiger partial charge in [-0.2, -0.15) is 0 Å². The van der Waals surface area contributed by atoms with Crippen LogP contribution < -0.4 is 5.73 Å². The lowest BCUT2D eigenvalue weighted by molar-refractivity contribution is 0.0689. The molecule has 0 aliphatic carbocycles. The Hall–Kier alpha value is -1.06. The zero-order valence-electron chi connectivity index (χ0n) is 12.9. The molecular formula is C16H25ClN2O. The lowest BCUT2D eigenvalue weighted by Gasteiger charge is -2.32. The summed E-state index contributed by atoms with van der Waals surface area (Å²) in [5.74, 6) is -0.0154. The van der Waals surface area contributed by atoms with Crippen molar-refractivity contribution in [3.8, 4) is 0 Å². The monoisotopic (exact) mass is 296 g/mol. The molecule has 0 aliphatic rings. The molecule has 0 bridgehead atoms. The molecule has 112 valence electrons. The quantitative estimate of drug-likeness (QED) is 0.873. The van der Waals surface area contributed by atoms with E-state index in [9.17, 15) is 4.79 Å². The van der Waals surface area contributed by atoms with Gasteiger partial charge < -0.3 is 10.6 Å². The highest BCUT2D eigenvalue weighted by Gasteiger charge is 2.25. The van der Waals surface area contributed by atoms with Crippen LogP contribution >= 0.6 is 11.6 Å². The van der Waals surface area contributed by atoms with Crippen LogP contribution in [0.4, 0.5) is 0 Å². The third-order valence-electron chi connectivity index (χ3n) is 3.31. The fourth-order valence-electron chi connectivity index (χ4n) is 2.07. The highest BCUT2D eigenvalue weighted by Crippen LogP contribution is 2.22. The number of hydrogen-bond donors (Lipinski definition) is 1. The molecule has 0 saturated heterocycles. The lowest BCUT2D eigenvalue weighted by atomic mass is 9.92. The highest BCUT2D eigenvalue weighted by atomic mass is 35.5. The zero-order chi connectivity index (χ0) is 15.3.